The van der Waals surface area contributed by atoms with E-state index < -0.39 is 0 Å². The number of aromatic hydroxyl groups is 1. The lowest BCUT2D eigenvalue weighted by Gasteiger charge is -1.98. The minimum Gasteiger partial charge on any atom is -0.493 e. The van der Waals surface area contributed by atoms with E-state index in [9.17, 15) is 5.11 Å². The zero-order chi connectivity index (χ0) is 11.0. The molecule has 1 heterocycles. The van der Waals surface area contributed by atoms with Crippen molar-refractivity contribution in [2.24, 2.45) is 7.05 Å². The van der Waals surface area contributed by atoms with Gasteiger partial charge in [-0.3, -0.25) is 0 Å². The van der Waals surface area contributed by atoms with Crippen LogP contribution >= 0.6 is 11.6 Å². The van der Waals surface area contributed by atoms with Crippen molar-refractivity contribution in [2.75, 3.05) is 0 Å². The van der Waals surface area contributed by atoms with Crippen molar-refractivity contribution in [1.82, 2.24) is 9.78 Å². The van der Waals surface area contributed by atoms with E-state index >= 15 is 0 Å². The molecule has 3 nitrogen and oxygen atoms in total. The van der Waals surface area contributed by atoms with Gasteiger partial charge in [-0.15, -0.1) is 0 Å². The van der Waals surface area contributed by atoms with Crippen molar-refractivity contribution in [3.05, 3.63) is 34.9 Å². The third-order valence-corrected chi connectivity index (χ3v) is 2.58. The second-order valence-corrected chi connectivity index (χ2v) is 3.87. The topological polar surface area (TPSA) is 38.0 Å². The van der Waals surface area contributed by atoms with Gasteiger partial charge in [-0.2, -0.15) is 5.10 Å². The Morgan fingerprint density at radius 2 is 2.13 bits per heavy atom. The maximum atomic E-state index is 9.63. The van der Waals surface area contributed by atoms with Crippen LogP contribution < -0.4 is 0 Å². The number of aromatic nitrogens is 2. The van der Waals surface area contributed by atoms with Crippen LogP contribution in [0.2, 0.25) is 5.02 Å². The number of nitrogens with zero attached hydrogens (tertiary/aromatic N) is 2. The fourth-order valence-electron chi connectivity index (χ4n) is 1.53. The standard InChI is InChI=1S/C11H11ClN2O/c1-7-10(13-14(2)11(7)15)8-4-3-5-9(12)6-8/h3-6,15H,1-2H3. The maximum Gasteiger partial charge on any atom is 0.212 e. The van der Waals surface area contributed by atoms with Gasteiger partial charge >= 0.3 is 0 Å². The van der Waals surface area contributed by atoms with E-state index in [2.05, 4.69) is 5.10 Å². The summed E-state index contributed by atoms with van der Waals surface area (Å²) in [6.07, 6.45) is 0. The average Bonchev–Trinajstić information content (AvgIpc) is 2.46. The summed E-state index contributed by atoms with van der Waals surface area (Å²) in [5, 5.41) is 14.5. The lowest BCUT2D eigenvalue weighted by atomic mass is 10.1. The van der Waals surface area contributed by atoms with Gasteiger partial charge in [0.25, 0.3) is 0 Å². The molecule has 78 valence electrons. The molecule has 0 aliphatic carbocycles. The number of benzene rings is 1. The SMILES string of the molecule is Cc1c(-c2cccc(Cl)c2)nn(C)c1O. The minimum atomic E-state index is 0.185. The van der Waals surface area contributed by atoms with E-state index in [4.69, 9.17) is 11.6 Å². The van der Waals surface area contributed by atoms with Crippen LogP contribution in [0.1, 0.15) is 5.56 Å². The normalized spacial score (nSPS) is 10.6. The van der Waals surface area contributed by atoms with Crippen molar-refractivity contribution in [1.29, 1.82) is 0 Å². The Balaban J connectivity index is 2.59. The summed E-state index contributed by atoms with van der Waals surface area (Å²) in [7, 11) is 1.70. The van der Waals surface area contributed by atoms with E-state index in [1.54, 1.807) is 7.05 Å². The lowest BCUT2D eigenvalue weighted by molar-refractivity contribution is 0.416. The molecule has 0 unspecified atom stereocenters. The Morgan fingerprint density at radius 1 is 1.40 bits per heavy atom. The largest absolute Gasteiger partial charge is 0.493 e. The van der Waals surface area contributed by atoms with Gasteiger partial charge in [-0.05, 0) is 19.1 Å². The van der Waals surface area contributed by atoms with Crippen LogP contribution in [0, 0.1) is 6.92 Å². The summed E-state index contributed by atoms with van der Waals surface area (Å²) in [5.41, 5.74) is 2.44. The number of aryl methyl sites for hydroxylation is 1. The van der Waals surface area contributed by atoms with Gasteiger partial charge in [0.15, 0.2) is 0 Å². The highest BCUT2D eigenvalue weighted by Gasteiger charge is 2.12. The van der Waals surface area contributed by atoms with Gasteiger partial charge in [0, 0.05) is 23.2 Å². The minimum absolute atomic E-state index is 0.185. The number of hydrogen-bond donors (Lipinski definition) is 1. The van der Waals surface area contributed by atoms with Crippen molar-refractivity contribution in [3.8, 4) is 17.1 Å². The van der Waals surface area contributed by atoms with Crippen LogP contribution in [0.3, 0.4) is 0 Å². The summed E-state index contributed by atoms with van der Waals surface area (Å²) < 4.78 is 1.45. The molecule has 1 aromatic carbocycles. The van der Waals surface area contributed by atoms with Crippen LogP contribution in [0.25, 0.3) is 11.3 Å². The second kappa shape index (κ2) is 3.59. The molecular formula is C11H11ClN2O. The van der Waals surface area contributed by atoms with Gasteiger partial charge in [-0.25, -0.2) is 4.68 Å². The lowest BCUT2D eigenvalue weighted by Crippen LogP contribution is -1.89. The zero-order valence-electron chi connectivity index (χ0n) is 8.53. The molecule has 0 fully saturated rings. The van der Waals surface area contributed by atoms with E-state index in [0.717, 1.165) is 16.8 Å². The van der Waals surface area contributed by atoms with E-state index in [-0.39, 0.29) is 5.88 Å². The molecule has 2 aromatic rings. The van der Waals surface area contributed by atoms with Crippen molar-refractivity contribution < 1.29 is 5.11 Å². The molecule has 15 heavy (non-hydrogen) atoms. The van der Waals surface area contributed by atoms with Gasteiger partial charge in [0.2, 0.25) is 5.88 Å². The Labute approximate surface area is 92.9 Å². The average molecular weight is 223 g/mol. The molecule has 0 amide bonds. The van der Waals surface area contributed by atoms with E-state index in [1.165, 1.54) is 4.68 Å². The highest BCUT2D eigenvalue weighted by Crippen LogP contribution is 2.29. The Kier molecular flexibility index (Phi) is 2.40. The van der Waals surface area contributed by atoms with Crippen LogP contribution in [0.4, 0.5) is 0 Å². The fraction of sp³-hybridized carbons (Fsp3) is 0.182. The molecule has 0 saturated carbocycles. The summed E-state index contributed by atoms with van der Waals surface area (Å²) in [5.74, 6) is 0.185. The molecule has 1 aromatic heterocycles. The van der Waals surface area contributed by atoms with Crippen LogP contribution in [0.15, 0.2) is 24.3 Å². The summed E-state index contributed by atoms with van der Waals surface area (Å²) in [6.45, 7) is 1.83. The number of rotatable bonds is 1. The number of halogens is 1. The predicted molar refractivity (Wildman–Crippen MR) is 60.1 cm³/mol. The van der Waals surface area contributed by atoms with Gasteiger partial charge in [-0.1, -0.05) is 23.7 Å². The predicted octanol–water partition coefficient (Wildman–Crippen LogP) is 2.75. The highest BCUT2D eigenvalue weighted by atomic mass is 35.5. The first-order valence-electron chi connectivity index (χ1n) is 4.58. The third-order valence-electron chi connectivity index (χ3n) is 2.35. The first kappa shape index (κ1) is 10.1. The van der Waals surface area contributed by atoms with Crippen LogP contribution in [-0.2, 0) is 7.05 Å². The molecular weight excluding hydrogens is 212 g/mol. The van der Waals surface area contributed by atoms with Crippen LogP contribution in [0.5, 0.6) is 5.88 Å². The quantitative estimate of drug-likeness (QED) is 0.806. The first-order valence-corrected chi connectivity index (χ1v) is 4.96. The molecule has 0 saturated heterocycles. The molecule has 2 rings (SSSR count). The van der Waals surface area contributed by atoms with Gasteiger partial charge in [0.1, 0.15) is 0 Å². The molecule has 0 spiro atoms. The van der Waals surface area contributed by atoms with Crippen molar-refractivity contribution >= 4 is 11.6 Å². The summed E-state index contributed by atoms with van der Waals surface area (Å²) in [4.78, 5) is 0. The molecule has 4 heteroatoms. The monoisotopic (exact) mass is 222 g/mol. The Bertz CT molecular complexity index is 505. The number of hydrogen-bond acceptors (Lipinski definition) is 2. The van der Waals surface area contributed by atoms with Crippen LogP contribution in [-0.4, -0.2) is 14.9 Å². The van der Waals surface area contributed by atoms with Gasteiger partial charge < -0.3 is 5.11 Å². The first-order chi connectivity index (χ1) is 7.09. The Morgan fingerprint density at radius 3 is 2.67 bits per heavy atom. The van der Waals surface area contributed by atoms with Gasteiger partial charge in [0.05, 0.1) is 5.69 Å². The van der Waals surface area contributed by atoms with Crippen molar-refractivity contribution in [3.63, 3.8) is 0 Å². The smallest absolute Gasteiger partial charge is 0.212 e. The van der Waals surface area contributed by atoms with E-state index in [0.29, 0.717) is 5.02 Å². The molecule has 0 aliphatic heterocycles. The second-order valence-electron chi connectivity index (χ2n) is 3.43. The molecule has 1 N–H and O–H groups in total. The Hall–Kier alpha value is -1.48. The molecule has 0 radical (unpaired) electrons. The summed E-state index contributed by atoms with van der Waals surface area (Å²) in [6, 6.07) is 7.42. The molecule has 0 aliphatic rings. The maximum absolute atomic E-state index is 9.63. The highest BCUT2D eigenvalue weighted by molar-refractivity contribution is 6.30. The molecule has 0 atom stereocenters. The zero-order valence-corrected chi connectivity index (χ0v) is 9.28. The van der Waals surface area contributed by atoms with Crippen molar-refractivity contribution in [2.45, 2.75) is 6.92 Å². The van der Waals surface area contributed by atoms with E-state index in [1.807, 2.05) is 31.2 Å². The fourth-order valence-corrected chi connectivity index (χ4v) is 1.72. The summed E-state index contributed by atoms with van der Waals surface area (Å²) >= 11 is 5.90. The molecule has 0 bridgehead atoms. The third kappa shape index (κ3) is 1.70.